The van der Waals surface area contributed by atoms with E-state index in [0.717, 1.165) is 11.1 Å². The molecule has 2 heterocycles. The van der Waals surface area contributed by atoms with Gasteiger partial charge in [0.1, 0.15) is 17.4 Å². The van der Waals surface area contributed by atoms with Gasteiger partial charge in [0.05, 0.1) is 23.9 Å². The molecular weight excluding hydrogens is 412 g/mol. The largest absolute Gasteiger partial charge is 0.389 e. The number of azide groups is 1. The first kappa shape index (κ1) is 20.4. The van der Waals surface area contributed by atoms with Crippen LogP contribution in [0.25, 0.3) is 21.6 Å². The standard InChI is InChI=1S/C21H22N8O3/c1-10-4-3-5-12(6-10)8-23-18-14-19(26-20(25-18)27-28-22)29(9-24-14)15-13-7-21(13,11(2)30)17(32)16(15)31/h3-6,9,13,15-17,31-32H,7-8H2,1-2H3,(H,23,25,26)/t13?,15-,16+,17?,21+/m1/s1. The van der Waals surface area contributed by atoms with E-state index in [1.54, 1.807) is 4.57 Å². The minimum atomic E-state index is -1.15. The van der Waals surface area contributed by atoms with E-state index in [-0.39, 0.29) is 17.6 Å². The number of aliphatic hydroxyl groups is 2. The van der Waals surface area contributed by atoms with Crippen LogP contribution in [0.1, 0.15) is 30.5 Å². The van der Waals surface area contributed by atoms with E-state index >= 15 is 0 Å². The van der Waals surface area contributed by atoms with Crippen LogP contribution in [0, 0.1) is 18.3 Å². The van der Waals surface area contributed by atoms with Crippen molar-refractivity contribution in [1.82, 2.24) is 19.5 Å². The number of carbonyl (C=O) groups is 1. The lowest BCUT2D eigenvalue weighted by molar-refractivity contribution is -0.128. The van der Waals surface area contributed by atoms with Gasteiger partial charge in [-0.05, 0) is 42.4 Å². The summed E-state index contributed by atoms with van der Waals surface area (Å²) in [5.74, 6) is -0.0515. The zero-order valence-electron chi connectivity index (χ0n) is 17.5. The highest BCUT2D eigenvalue weighted by molar-refractivity contribution is 5.88. The van der Waals surface area contributed by atoms with Gasteiger partial charge in [0.2, 0.25) is 5.95 Å². The molecule has 2 unspecified atom stereocenters. The Labute approximate surface area is 182 Å². The molecule has 1 aromatic carbocycles. The van der Waals surface area contributed by atoms with Crippen LogP contribution in [0.2, 0.25) is 0 Å². The molecule has 2 aliphatic carbocycles. The van der Waals surface area contributed by atoms with Gasteiger partial charge in [-0.25, -0.2) is 15.0 Å². The Kier molecular flexibility index (Phi) is 4.63. The van der Waals surface area contributed by atoms with Gasteiger partial charge in [-0.1, -0.05) is 29.8 Å². The molecular formula is C21H22N8O3. The molecule has 164 valence electrons. The number of imidazole rings is 1. The second-order valence-corrected chi connectivity index (χ2v) is 8.56. The summed E-state index contributed by atoms with van der Waals surface area (Å²) in [4.78, 5) is 28.0. The number of hydrogen-bond acceptors (Lipinski definition) is 8. The Morgan fingerprint density at radius 3 is 2.91 bits per heavy atom. The first-order valence-electron chi connectivity index (χ1n) is 10.3. The Hall–Kier alpha value is -3.53. The molecule has 11 nitrogen and oxygen atoms in total. The minimum Gasteiger partial charge on any atom is -0.389 e. The van der Waals surface area contributed by atoms with Gasteiger partial charge >= 0.3 is 0 Å². The number of Topliss-reactive ketones (excluding diaryl/α,β-unsaturated/α-hetero) is 1. The fourth-order valence-corrected chi connectivity index (χ4v) is 5.11. The predicted octanol–water partition coefficient (Wildman–Crippen LogP) is 2.56. The van der Waals surface area contributed by atoms with E-state index < -0.39 is 23.7 Å². The maximum atomic E-state index is 12.2. The summed E-state index contributed by atoms with van der Waals surface area (Å²) in [6.45, 7) is 3.92. The van der Waals surface area contributed by atoms with Crippen molar-refractivity contribution < 1.29 is 15.0 Å². The van der Waals surface area contributed by atoms with Gasteiger partial charge < -0.3 is 20.1 Å². The van der Waals surface area contributed by atoms with Gasteiger partial charge in [-0.15, -0.1) is 0 Å². The lowest BCUT2D eigenvalue weighted by atomic mass is 9.95. The summed E-state index contributed by atoms with van der Waals surface area (Å²) < 4.78 is 1.65. The molecule has 2 saturated carbocycles. The molecule has 0 aliphatic heterocycles. The van der Waals surface area contributed by atoms with Gasteiger partial charge in [0, 0.05) is 11.5 Å². The number of aliphatic hydroxyl groups excluding tert-OH is 2. The van der Waals surface area contributed by atoms with E-state index in [4.69, 9.17) is 5.53 Å². The molecule has 0 radical (unpaired) electrons. The molecule has 0 saturated heterocycles. The van der Waals surface area contributed by atoms with E-state index in [9.17, 15) is 15.0 Å². The number of nitrogens with zero attached hydrogens (tertiary/aromatic N) is 7. The number of ketones is 1. The molecule has 2 aliphatic rings. The van der Waals surface area contributed by atoms with Crippen LogP contribution >= 0.6 is 0 Å². The number of aryl methyl sites for hydroxylation is 1. The second-order valence-electron chi connectivity index (χ2n) is 8.56. The summed E-state index contributed by atoms with van der Waals surface area (Å²) in [5, 5.41) is 28.1. The van der Waals surface area contributed by atoms with Crippen LogP contribution in [0.3, 0.4) is 0 Å². The third-order valence-corrected chi connectivity index (χ3v) is 6.74. The number of fused-ring (bicyclic) bond motifs is 2. The first-order valence-corrected chi connectivity index (χ1v) is 10.3. The van der Waals surface area contributed by atoms with Crippen molar-refractivity contribution in [3.63, 3.8) is 0 Å². The van der Waals surface area contributed by atoms with Crippen LogP contribution in [-0.4, -0.2) is 47.7 Å². The lowest BCUT2D eigenvalue weighted by Gasteiger charge is -2.23. The topological polar surface area (TPSA) is 162 Å². The SMILES string of the molecule is CC(=O)[C@@]12CC1[C@@H](n1cnc3c(NCc4cccc(C)c4)nc(N=[N+]=[N-])nc31)[C@H](O)C2O. The van der Waals surface area contributed by atoms with Gasteiger partial charge in [0.25, 0.3) is 0 Å². The van der Waals surface area contributed by atoms with Crippen molar-refractivity contribution in [2.45, 2.75) is 45.1 Å². The Morgan fingerprint density at radius 2 is 2.22 bits per heavy atom. The maximum Gasteiger partial charge on any atom is 0.220 e. The van der Waals surface area contributed by atoms with Crippen LogP contribution in [0.5, 0.6) is 0 Å². The molecule has 11 heteroatoms. The summed E-state index contributed by atoms with van der Waals surface area (Å²) in [6, 6.07) is 7.43. The molecule has 3 N–H and O–H groups in total. The van der Waals surface area contributed by atoms with E-state index in [1.165, 1.54) is 13.3 Å². The molecule has 32 heavy (non-hydrogen) atoms. The van der Waals surface area contributed by atoms with E-state index in [0.29, 0.717) is 29.9 Å². The summed E-state index contributed by atoms with van der Waals surface area (Å²) >= 11 is 0. The zero-order chi connectivity index (χ0) is 22.6. The van der Waals surface area contributed by atoms with E-state index in [1.807, 2.05) is 31.2 Å². The highest BCUT2D eigenvalue weighted by Crippen LogP contribution is 2.68. The molecule has 0 amide bonds. The number of hydrogen-bond donors (Lipinski definition) is 3. The van der Waals surface area contributed by atoms with Crippen molar-refractivity contribution in [2.24, 2.45) is 16.4 Å². The molecule has 2 aromatic heterocycles. The quantitative estimate of drug-likeness (QED) is 0.305. The van der Waals surface area contributed by atoms with Gasteiger partial charge in [0.15, 0.2) is 11.5 Å². The predicted molar refractivity (Wildman–Crippen MR) is 115 cm³/mol. The fourth-order valence-electron chi connectivity index (χ4n) is 5.11. The third-order valence-electron chi connectivity index (χ3n) is 6.74. The smallest absolute Gasteiger partial charge is 0.220 e. The minimum absolute atomic E-state index is 0.0878. The summed E-state index contributed by atoms with van der Waals surface area (Å²) in [6.07, 6.45) is -0.273. The number of nitrogens with one attached hydrogen (secondary N) is 1. The molecule has 0 spiro atoms. The molecule has 0 bridgehead atoms. The number of rotatable bonds is 6. The van der Waals surface area contributed by atoms with Crippen LogP contribution < -0.4 is 5.32 Å². The molecule has 5 rings (SSSR count). The molecule has 5 atom stereocenters. The molecule has 2 fully saturated rings. The number of aromatic nitrogens is 4. The van der Waals surface area contributed by atoms with Crippen LogP contribution in [-0.2, 0) is 11.3 Å². The Balaban J connectivity index is 1.55. The van der Waals surface area contributed by atoms with Gasteiger partial charge in [-0.2, -0.15) is 0 Å². The van der Waals surface area contributed by atoms with Crippen molar-refractivity contribution in [1.29, 1.82) is 0 Å². The zero-order valence-corrected chi connectivity index (χ0v) is 17.5. The normalized spacial score (nSPS) is 28.2. The van der Waals surface area contributed by atoms with E-state index in [2.05, 4.69) is 30.3 Å². The highest BCUT2D eigenvalue weighted by Gasteiger charge is 2.74. The van der Waals surface area contributed by atoms with Crippen LogP contribution in [0.4, 0.5) is 11.8 Å². The Bertz CT molecular complexity index is 1280. The number of carbonyl (C=O) groups excluding carboxylic acids is 1. The summed E-state index contributed by atoms with van der Waals surface area (Å²) in [7, 11) is 0. The third kappa shape index (κ3) is 2.94. The van der Waals surface area contributed by atoms with Crippen LogP contribution in [0.15, 0.2) is 35.7 Å². The average molecular weight is 434 g/mol. The maximum absolute atomic E-state index is 12.2. The lowest BCUT2D eigenvalue weighted by Crippen LogP contribution is -2.36. The highest BCUT2D eigenvalue weighted by atomic mass is 16.3. The number of anilines is 1. The monoisotopic (exact) mass is 434 g/mol. The Morgan fingerprint density at radius 1 is 1.41 bits per heavy atom. The second kappa shape index (κ2) is 7.27. The van der Waals surface area contributed by atoms with Crippen molar-refractivity contribution in [3.8, 4) is 0 Å². The van der Waals surface area contributed by atoms with Gasteiger partial charge in [-0.3, -0.25) is 4.79 Å². The number of benzene rings is 1. The fraction of sp³-hybridized carbons (Fsp3) is 0.429. The summed E-state index contributed by atoms with van der Waals surface area (Å²) in [5.41, 5.74) is 10.9. The van der Waals surface area contributed by atoms with Crippen molar-refractivity contribution in [2.75, 3.05) is 5.32 Å². The van der Waals surface area contributed by atoms with Crippen molar-refractivity contribution >= 4 is 28.7 Å². The first-order chi connectivity index (χ1) is 15.4. The van der Waals surface area contributed by atoms with Crippen molar-refractivity contribution in [3.05, 3.63) is 52.2 Å². The average Bonchev–Trinajstić information content (AvgIpc) is 3.31. The molecule has 3 aromatic rings.